The van der Waals surface area contributed by atoms with Crippen molar-refractivity contribution in [2.24, 2.45) is 5.92 Å². The summed E-state index contributed by atoms with van der Waals surface area (Å²) in [5, 5.41) is 6.23. The van der Waals surface area contributed by atoms with E-state index in [4.69, 9.17) is 35.1 Å². The molecule has 3 saturated carbocycles. The molecule has 7 rings (SSSR count). The van der Waals surface area contributed by atoms with Crippen LogP contribution in [0.2, 0.25) is 5.02 Å². The van der Waals surface area contributed by atoms with Gasteiger partial charge in [0.25, 0.3) is 0 Å². The van der Waals surface area contributed by atoms with Crippen LogP contribution in [0.1, 0.15) is 83.8 Å². The number of nitrogens with zero attached hydrogens (tertiary/aromatic N) is 5. The fourth-order valence-corrected chi connectivity index (χ4v) is 8.90. The van der Waals surface area contributed by atoms with Crippen LogP contribution in [0.25, 0.3) is 11.2 Å². The molecule has 0 spiro atoms. The zero-order valence-corrected chi connectivity index (χ0v) is 29.3. The van der Waals surface area contributed by atoms with Gasteiger partial charge in [0.2, 0.25) is 0 Å². The number of hydrazine groups is 1. The molecule has 4 atom stereocenters. The number of imidazole rings is 1. The first-order valence-corrected chi connectivity index (χ1v) is 19.5. The minimum absolute atomic E-state index is 0.00408. The molecule has 0 bridgehead atoms. The van der Waals surface area contributed by atoms with Gasteiger partial charge in [-0.05, 0) is 88.3 Å². The minimum atomic E-state index is -1.72. The second kappa shape index (κ2) is 14.7. The van der Waals surface area contributed by atoms with Crippen LogP contribution in [-0.4, -0.2) is 62.1 Å². The Kier molecular flexibility index (Phi) is 10.4. The van der Waals surface area contributed by atoms with Crippen molar-refractivity contribution in [1.82, 2.24) is 29.4 Å². The summed E-state index contributed by atoms with van der Waals surface area (Å²) in [4.78, 5) is 30.9. The summed E-state index contributed by atoms with van der Waals surface area (Å²) in [5.41, 5.74) is 0.646. The van der Waals surface area contributed by atoms with E-state index in [2.05, 4.69) is 31.8 Å². The molecule has 2 aromatic heterocycles. The van der Waals surface area contributed by atoms with Crippen molar-refractivity contribution in [2.45, 2.75) is 108 Å². The van der Waals surface area contributed by atoms with Crippen LogP contribution in [0.5, 0.6) is 5.75 Å². The summed E-state index contributed by atoms with van der Waals surface area (Å²) < 4.78 is 27.5. The fraction of sp³-hybridized carbons (Fsp3) is 0.625. The number of anilines is 1. The lowest BCUT2D eigenvalue weighted by Crippen LogP contribution is -2.50. The van der Waals surface area contributed by atoms with Gasteiger partial charge in [0.15, 0.2) is 17.0 Å². The topological polar surface area (TPSA) is 125 Å². The van der Waals surface area contributed by atoms with Crippen LogP contribution >= 0.6 is 32.1 Å². The zero-order valence-electron chi connectivity index (χ0n) is 26.8. The van der Waals surface area contributed by atoms with E-state index in [0.717, 1.165) is 74.8 Å². The normalized spacial score (nSPS) is 25.0. The largest absolute Gasteiger partial charge is 0.461 e. The molecule has 4 fully saturated rings. The monoisotopic (exact) mass is 703 g/mol. The highest BCUT2D eigenvalue weighted by Gasteiger charge is 2.47. The van der Waals surface area contributed by atoms with Crippen molar-refractivity contribution >= 4 is 55.0 Å². The van der Waals surface area contributed by atoms with Crippen molar-refractivity contribution in [2.75, 3.05) is 17.9 Å². The third-order valence-corrected chi connectivity index (χ3v) is 11.5. The Balaban J connectivity index is 1.05. The van der Waals surface area contributed by atoms with Gasteiger partial charge in [-0.15, -0.1) is 0 Å². The highest BCUT2D eigenvalue weighted by Crippen LogP contribution is 2.45. The van der Waals surface area contributed by atoms with Crippen LogP contribution in [0.4, 0.5) is 5.82 Å². The lowest BCUT2D eigenvalue weighted by Gasteiger charge is -2.32. The number of aromatic nitrogens is 4. The summed E-state index contributed by atoms with van der Waals surface area (Å²) in [5.74, 6) is 1.38. The first-order valence-electron chi connectivity index (χ1n) is 16.7. The first kappa shape index (κ1) is 33.3. The molecule has 1 aromatic carbocycles. The molecule has 0 amide bonds. The second-order valence-electron chi connectivity index (χ2n) is 13.1. The van der Waals surface area contributed by atoms with Gasteiger partial charge in [-0.1, -0.05) is 43.3 Å². The number of ether oxygens (including phenoxy) is 2. The molecule has 3 aromatic rings. The average molecular weight is 704 g/mol. The van der Waals surface area contributed by atoms with Gasteiger partial charge >= 0.3 is 14.5 Å². The molecule has 4 aliphatic rings. The van der Waals surface area contributed by atoms with E-state index in [0.29, 0.717) is 36.3 Å². The molecule has 2 N–H and O–H groups in total. The van der Waals surface area contributed by atoms with E-state index in [1.807, 2.05) is 23.0 Å². The quantitative estimate of drug-likeness (QED) is 0.0788. The Bertz CT molecular complexity index is 1520. The van der Waals surface area contributed by atoms with Crippen LogP contribution in [0, 0.1) is 5.92 Å². The van der Waals surface area contributed by atoms with E-state index in [1.165, 1.54) is 11.9 Å². The molecular formula is C32H43ClN7O5PS. The third-order valence-electron chi connectivity index (χ3n) is 9.51. The Morgan fingerprint density at radius 2 is 1.89 bits per heavy atom. The molecule has 0 radical (unpaired) electrons. The highest BCUT2D eigenvalue weighted by atomic mass is 35.5. The zero-order chi connectivity index (χ0) is 32.4. The summed E-state index contributed by atoms with van der Waals surface area (Å²) >= 11 is 7.68. The first-order chi connectivity index (χ1) is 22.9. The van der Waals surface area contributed by atoms with Gasteiger partial charge < -0.3 is 18.5 Å². The average Bonchev–Trinajstić information content (AvgIpc) is 3.44. The molecule has 254 valence electrons. The lowest BCUT2D eigenvalue weighted by molar-refractivity contribution is -0.156. The summed E-state index contributed by atoms with van der Waals surface area (Å²) in [6.45, 7) is 2.46. The predicted molar refractivity (Wildman–Crippen MR) is 183 cm³/mol. The van der Waals surface area contributed by atoms with Crippen molar-refractivity contribution in [3.8, 4) is 5.75 Å². The van der Waals surface area contributed by atoms with Crippen LogP contribution in [0.15, 0.2) is 36.9 Å². The summed E-state index contributed by atoms with van der Waals surface area (Å²) in [7, 11) is -1.72. The van der Waals surface area contributed by atoms with Crippen molar-refractivity contribution < 1.29 is 23.3 Å². The molecule has 12 nitrogen and oxygen atoms in total. The summed E-state index contributed by atoms with van der Waals surface area (Å²) in [6.07, 6.45) is 15.3. The molecule has 4 unspecified atom stereocenters. The van der Waals surface area contributed by atoms with Gasteiger partial charge in [0.1, 0.15) is 29.9 Å². The van der Waals surface area contributed by atoms with Gasteiger partial charge in [0.05, 0.1) is 19.0 Å². The standard InChI is InChI=1S/C32H43ClN7O5PS/c1-21-17-26(43-30(21)39-20-36-27-28(39)34-19-35-29(27)40(38-47-2)23-11-12-23)18-42-46(45-25-13-9-22(33)10-14-25)37-32(15-5-6-16-32)31(41)44-24-7-3-4-8-24/h9-10,13-14,19-21,23-24,26,30,37-38H,3-8,11-12,15-18H2,1-2H3. The van der Waals surface area contributed by atoms with Crippen LogP contribution in [0.3, 0.4) is 0 Å². The molecular weight excluding hydrogens is 661 g/mol. The number of fused-ring (bicyclic) bond motifs is 1. The molecule has 3 heterocycles. The van der Waals surface area contributed by atoms with Crippen LogP contribution < -0.4 is 19.5 Å². The molecule has 3 aliphatic carbocycles. The van der Waals surface area contributed by atoms with Crippen molar-refractivity contribution in [3.63, 3.8) is 0 Å². The Labute approximate surface area is 286 Å². The number of hydrogen-bond donors (Lipinski definition) is 2. The number of esters is 1. The fourth-order valence-electron chi connectivity index (χ4n) is 6.90. The van der Waals surface area contributed by atoms with Crippen molar-refractivity contribution in [3.05, 3.63) is 41.9 Å². The Hall–Kier alpha value is -2.25. The number of hydrogen-bond acceptors (Lipinski definition) is 12. The molecule has 47 heavy (non-hydrogen) atoms. The Morgan fingerprint density at radius 3 is 2.62 bits per heavy atom. The number of rotatable bonds is 14. The maximum absolute atomic E-state index is 13.6. The predicted octanol–water partition coefficient (Wildman–Crippen LogP) is 6.87. The maximum atomic E-state index is 13.6. The van der Waals surface area contributed by atoms with Gasteiger partial charge in [-0.3, -0.25) is 14.4 Å². The molecule has 1 aliphatic heterocycles. The van der Waals surface area contributed by atoms with E-state index in [-0.39, 0.29) is 30.3 Å². The number of carbonyl (C=O) groups excluding carboxylic acids is 1. The smallest absolute Gasteiger partial charge is 0.327 e. The van der Waals surface area contributed by atoms with E-state index >= 15 is 0 Å². The van der Waals surface area contributed by atoms with Gasteiger partial charge in [0, 0.05) is 17.0 Å². The number of benzene rings is 1. The number of halogens is 1. The van der Waals surface area contributed by atoms with Crippen molar-refractivity contribution in [1.29, 1.82) is 0 Å². The van der Waals surface area contributed by atoms with E-state index in [1.54, 1.807) is 24.8 Å². The van der Waals surface area contributed by atoms with E-state index < -0.39 is 14.1 Å². The SMILES string of the molecule is CSNN(c1ncnc2c1ncn2C1OC(COP(NC2(C(=O)OC3CCCC3)CCCC2)Oc2ccc(Cl)cc2)CC1C)C1CC1. The highest BCUT2D eigenvalue weighted by molar-refractivity contribution is 7.96. The van der Waals surface area contributed by atoms with Crippen LogP contribution in [-0.2, 0) is 18.8 Å². The minimum Gasteiger partial charge on any atom is -0.461 e. The third kappa shape index (κ3) is 7.51. The number of nitrogens with one attached hydrogen (secondary N) is 2. The lowest BCUT2D eigenvalue weighted by atomic mass is 9.99. The second-order valence-corrected chi connectivity index (χ2v) is 15.3. The maximum Gasteiger partial charge on any atom is 0.327 e. The summed E-state index contributed by atoms with van der Waals surface area (Å²) in [6, 6.07) is 7.58. The Morgan fingerprint density at radius 1 is 1.13 bits per heavy atom. The van der Waals surface area contributed by atoms with Gasteiger partial charge in [-0.25, -0.2) is 20.0 Å². The van der Waals surface area contributed by atoms with Gasteiger partial charge in [-0.2, -0.15) is 4.83 Å². The number of carbonyl (C=O) groups is 1. The van der Waals surface area contributed by atoms with E-state index in [9.17, 15) is 4.79 Å². The molecule has 15 heteroatoms. The molecule has 1 saturated heterocycles.